The lowest BCUT2D eigenvalue weighted by molar-refractivity contribution is 0.306. The molecule has 0 radical (unpaired) electrons. The van der Waals surface area contributed by atoms with Crippen molar-refractivity contribution in [3.05, 3.63) is 80.1 Å². The van der Waals surface area contributed by atoms with Crippen LogP contribution >= 0.6 is 15.9 Å². The maximum Gasteiger partial charge on any atom is 0.343 e. The summed E-state index contributed by atoms with van der Waals surface area (Å²) in [5.41, 5.74) is 1.73. The number of aromatic hydroxyl groups is 1. The van der Waals surface area contributed by atoms with Crippen molar-refractivity contribution >= 4 is 26.9 Å². The van der Waals surface area contributed by atoms with E-state index in [9.17, 15) is 9.90 Å². The van der Waals surface area contributed by atoms with E-state index in [4.69, 9.17) is 13.6 Å². The summed E-state index contributed by atoms with van der Waals surface area (Å²) in [6.07, 6.45) is 0. The molecule has 2 aromatic heterocycles. The van der Waals surface area contributed by atoms with Crippen LogP contribution in [0, 0.1) is 13.8 Å². The molecule has 0 fully saturated rings. The quantitative estimate of drug-likeness (QED) is 0.439. The van der Waals surface area contributed by atoms with E-state index in [2.05, 4.69) is 15.9 Å². The van der Waals surface area contributed by atoms with E-state index < -0.39 is 5.63 Å². The molecule has 0 bridgehead atoms. The molecule has 0 aliphatic heterocycles. The monoisotopic (exact) mass is 440 g/mol. The van der Waals surface area contributed by atoms with E-state index in [1.54, 1.807) is 19.1 Å². The predicted octanol–water partition coefficient (Wildman–Crippen LogP) is 5.72. The lowest BCUT2D eigenvalue weighted by Gasteiger charge is -2.07. The highest BCUT2D eigenvalue weighted by atomic mass is 79.9. The normalized spacial score (nSPS) is 11.1. The number of ether oxygens (including phenoxy) is 1. The minimum absolute atomic E-state index is 0.0795. The molecule has 28 heavy (non-hydrogen) atoms. The zero-order valence-corrected chi connectivity index (χ0v) is 16.9. The van der Waals surface area contributed by atoms with Crippen LogP contribution in [0.1, 0.15) is 16.7 Å². The van der Waals surface area contributed by atoms with Crippen LogP contribution in [0.15, 0.2) is 66.6 Å². The number of furan rings is 1. The lowest BCUT2D eigenvalue weighted by Crippen LogP contribution is -2.05. The van der Waals surface area contributed by atoms with Gasteiger partial charge >= 0.3 is 5.63 Å². The van der Waals surface area contributed by atoms with Gasteiger partial charge in [-0.05, 0) is 44.2 Å². The van der Waals surface area contributed by atoms with Crippen molar-refractivity contribution < 1.29 is 18.7 Å². The van der Waals surface area contributed by atoms with Gasteiger partial charge in [-0.15, -0.1) is 0 Å². The van der Waals surface area contributed by atoms with E-state index in [-0.39, 0.29) is 17.1 Å². The molecule has 0 amide bonds. The Bertz CT molecular complexity index is 1240. The Morgan fingerprint density at radius 2 is 1.82 bits per heavy atom. The van der Waals surface area contributed by atoms with Crippen molar-refractivity contribution in [2.75, 3.05) is 0 Å². The highest BCUT2D eigenvalue weighted by Crippen LogP contribution is 2.34. The second-order valence-electron chi connectivity index (χ2n) is 6.51. The van der Waals surface area contributed by atoms with E-state index in [0.717, 1.165) is 15.4 Å². The van der Waals surface area contributed by atoms with Crippen LogP contribution in [0.4, 0.5) is 0 Å². The van der Waals surface area contributed by atoms with Crippen LogP contribution < -0.4 is 10.4 Å². The van der Waals surface area contributed by atoms with Crippen LogP contribution in [0.3, 0.4) is 0 Å². The fraction of sp³-hybridized carbons (Fsp3) is 0.136. The van der Waals surface area contributed by atoms with Gasteiger partial charge < -0.3 is 18.7 Å². The number of fused-ring (bicyclic) bond motifs is 1. The number of benzene rings is 2. The number of rotatable bonds is 4. The zero-order valence-electron chi connectivity index (χ0n) is 15.3. The molecule has 2 aromatic carbocycles. The third kappa shape index (κ3) is 3.31. The van der Waals surface area contributed by atoms with Crippen LogP contribution in [-0.4, -0.2) is 5.11 Å². The van der Waals surface area contributed by atoms with Gasteiger partial charge in [0, 0.05) is 21.0 Å². The molecule has 0 spiro atoms. The predicted molar refractivity (Wildman–Crippen MR) is 110 cm³/mol. The largest absolute Gasteiger partial charge is 0.507 e. The molecule has 0 aliphatic carbocycles. The van der Waals surface area contributed by atoms with E-state index >= 15 is 0 Å². The second-order valence-corrected chi connectivity index (χ2v) is 7.36. The Balaban J connectivity index is 1.66. The molecule has 0 unspecified atom stereocenters. The van der Waals surface area contributed by atoms with Crippen molar-refractivity contribution in [1.29, 1.82) is 0 Å². The molecule has 5 nitrogen and oxygen atoms in total. The smallest absolute Gasteiger partial charge is 0.343 e. The highest BCUT2D eigenvalue weighted by molar-refractivity contribution is 9.10. The SMILES string of the molecule is Cc1c(-c2cc3cc(OCc4ccccc4Br)ccc3o2)oc(=O)c(C)c1O. The zero-order chi connectivity index (χ0) is 19.8. The molecule has 142 valence electrons. The number of hydrogen-bond acceptors (Lipinski definition) is 5. The molecule has 0 saturated carbocycles. The minimum Gasteiger partial charge on any atom is -0.507 e. The fourth-order valence-electron chi connectivity index (χ4n) is 2.97. The summed E-state index contributed by atoms with van der Waals surface area (Å²) < 4.78 is 18.0. The summed E-state index contributed by atoms with van der Waals surface area (Å²) in [6.45, 7) is 3.63. The first kappa shape index (κ1) is 18.4. The Hall–Kier alpha value is -2.99. The van der Waals surface area contributed by atoms with Crippen molar-refractivity contribution in [2.45, 2.75) is 20.5 Å². The van der Waals surface area contributed by atoms with Crippen molar-refractivity contribution in [3.8, 4) is 23.0 Å². The van der Waals surface area contributed by atoms with Gasteiger partial charge in [0.1, 0.15) is 23.7 Å². The first-order valence-corrected chi connectivity index (χ1v) is 9.47. The number of halogens is 1. The van der Waals surface area contributed by atoms with Gasteiger partial charge in [-0.2, -0.15) is 0 Å². The summed E-state index contributed by atoms with van der Waals surface area (Å²) in [5.74, 6) is 1.22. The summed E-state index contributed by atoms with van der Waals surface area (Å²) in [7, 11) is 0. The van der Waals surface area contributed by atoms with Crippen LogP contribution in [0.5, 0.6) is 11.5 Å². The van der Waals surface area contributed by atoms with Gasteiger partial charge in [-0.1, -0.05) is 34.1 Å². The average molecular weight is 441 g/mol. The third-order valence-corrected chi connectivity index (χ3v) is 5.39. The summed E-state index contributed by atoms with van der Waals surface area (Å²) in [5, 5.41) is 10.9. The van der Waals surface area contributed by atoms with Crippen LogP contribution in [0.25, 0.3) is 22.5 Å². The van der Waals surface area contributed by atoms with Gasteiger partial charge in [0.2, 0.25) is 0 Å². The van der Waals surface area contributed by atoms with Crippen LogP contribution in [-0.2, 0) is 6.61 Å². The van der Waals surface area contributed by atoms with Crippen molar-refractivity contribution in [2.24, 2.45) is 0 Å². The fourth-order valence-corrected chi connectivity index (χ4v) is 3.37. The number of hydrogen-bond donors (Lipinski definition) is 1. The maximum absolute atomic E-state index is 11.9. The Morgan fingerprint density at radius 3 is 2.61 bits per heavy atom. The molecule has 0 atom stereocenters. The molecule has 4 aromatic rings. The molecule has 0 saturated heterocycles. The average Bonchev–Trinajstić information content (AvgIpc) is 3.11. The standard InChI is InChI=1S/C22H17BrO5/c1-12-20(24)13(2)22(25)28-21(12)19-10-15-9-16(7-8-18(15)27-19)26-11-14-5-3-4-6-17(14)23/h3-10,24H,11H2,1-2H3. The Morgan fingerprint density at radius 1 is 1.04 bits per heavy atom. The van der Waals surface area contributed by atoms with Gasteiger partial charge in [-0.3, -0.25) is 0 Å². The molecule has 0 aliphatic rings. The second kappa shape index (κ2) is 7.20. The molecular formula is C22H17BrO5. The van der Waals surface area contributed by atoms with Gasteiger partial charge in [-0.25, -0.2) is 4.79 Å². The summed E-state index contributed by atoms with van der Waals surface area (Å²) in [4.78, 5) is 11.9. The lowest BCUT2D eigenvalue weighted by atomic mass is 10.1. The van der Waals surface area contributed by atoms with E-state index in [1.807, 2.05) is 36.4 Å². The maximum atomic E-state index is 11.9. The van der Waals surface area contributed by atoms with Gasteiger partial charge in [0.15, 0.2) is 11.5 Å². The molecule has 1 N–H and O–H groups in total. The topological polar surface area (TPSA) is 72.8 Å². The summed E-state index contributed by atoms with van der Waals surface area (Å²) >= 11 is 3.51. The first-order chi connectivity index (χ1) is 13.4. The Kier molecular flexibility index (Phi) is 4.73. The molecule has 6 heteroatoms. The van der Waals surface area contributed by atoms with Gasteiger partial charge in [0.25, 0.3) is 0 Å². The van der Waals surface area contributed by atoms with Gasteiger partial charge in [0.05, 0.1) is 5.56 Å². The van der Waals surface area contributed by atoms with E-state index in [1.165, 1.54) is 6.92 Å². The van der Waals surface area contributed by atoms with Crippen molar-refractivity contribution in [1.82, 2.24) is 0 Å². The molecular weight excluding hydrogens is 424 g/mol. The first-order valence-electron chi connectivity index (χ1n) is 8.67. The Labute approximate surface area is 169 Å². The van der Waals surface area contributed by atoms with E-state index in [0.29, 0.717) is 29.3 Å². The van der Waals surface area contributed by atoms with Crippen LogP contribution in [0.2, 0.25) is 0 Å². The highest BCUT2D eigenvalue weighted by Gasteiger charge is 2.18. The summed E-state index contributed by atoms with van der Waals surface area (Å²) in [6, 6.07) is 15.1. The molecule has 2 heterocycles. The minimum atomic E-state index is -0.587. The third-order valence-electron chi connectivity index (χ3n) is 4.62. The molecule has 4 rings (SSSR count). The van der Waals surface area contributed by atoms with Crippen molar-refractivity contribution in [3.63, 3.8) is 0 Å².